The van der Waals surface area contributed by atoms with Gasteiger partial charge in [0.05, 0.1) is 11.6 Å². The number of rotatable bonds is 6. The van der Waals surface area contributed by atoms with Crippen molar-refractivity contribution in [3.8, 4) is 0 Å². The van der Waals surface area contributed by atoms with Crippen LogP contribution in [-0.4, -0.2) is 23.1 Å². The van der Waals surface area contributed by atoms with Crippen molar-refractivity contribution in [1.82, 2.24) is 4.90 Å². The molecule has 0 aliphatic heterocycles. The van der Waals surface area contributed by atoms with Gasteiger partial charge in [0.15, 0.2) is 0 Å². The molecule has 0 spiro atoms. The van der Waals surface area contributed by atoms with Gasteiger partial charge in [-0.2, -0.15) is 13.2 Å². The van der Waals surface area contributed by atoms with Crippen molar-refractivity contribution in [1.29, 1.82) is 0 Å². The topological polar surface area (TPSA) is 29.5 Å². The van der Waals surface area contributed by atoms with E-state index in [4.69, 9.17) is 4.74 Å². The van der Waals surface area contributed by atoms with E-state index in [1.165, 1.54) is 12.1 Å². The van der Waals surface area contributed by atoms with Gasteiger partial charge in [-0.1, -0.05) is 60.7 Å². The second-order valence-electron chi connectivity index (χ2n) is 9.22. The molecule has 1 atom stereocenters. The van der Waals surface area contributed by atoms with Crippen LogP contribution >= 0.6 is 0 Å². The van der Waals surface area contributed by atoms with Crippen molar-refractivity contribution < 1.29 is 22.7 Å². The van der Waals surface area contributed by atoms with Crippen molar-refractivity contribution in [3.05, 3.63) is 83.4 Å². The highest BCUT2D eigenvalue weighted by atomic mass is 19.4. The van der Waals surface area contributed by atoms with E-state index in [1.54, 1.807) is 11.0 Å². The molecule has 6 heteroatoms. The molecule has 0 fully saturated rings. The van der Waals surface area contributed by atoms with Gasteiger partial charge in [-0.15, -0.1) is 0 Å². The van der Waals surface area contributed by atoms with Crippen molar-refractivity contribution in [3.63, 3.8) is 0 Å². The van der Waals surface area contributed by atoms with E-state index in [0.717, 1.165) is 22.4 Å². The SMILES string of the molecule is C[C@H](c1cccc2ccccc12)N(CCCc1cccc(C(F)(F)F)c1)C(=O)OC(C)(C)C. The lowest BCUT2D eigenvalue weighted by atomic mass is 9.98. The van der Waals surface area contributed by atoms with Gasteiger partial charge < -0.3 is 9.64 Å². The average molecular weight is 458 g/mol. The maximum atomic E-state index is 13.1. The maximum Gasteiger partial charge on any atom is 0.416 e. The smallest absolute Gasteiger partial charge is 0.416 e. The minimum Gasteiger partial charge on any atom is -0.444 e. The molecule has 0 saturated carbocycles. The predicted octanol–water partition coefficient (Wildman–Crippen LogP) is 7.79. The number of hydrogen-bond donors (Lipinski definition) is 0. The number of hydrogen-bond acceptors (Lipinski definition) is 2. The fourth-order valence-electron chi connectivity index (χ4n) is 3.90. The van der Waals surface area contributed by atoms with Gasteiger partial charge in [-0.05, 0) is 68.5 Å². The Morgan fingerprint density at radius 1 is 0.970 bits per heavy atom. The Bertz CT molecular complexity index is 1100. The molecule has 0 N–H and O–H groups in total. The minimum absolute atomic E-state index is 0.271. The summed E-state index contributed by atoms with van der Waals surface area (Å²) in [6.07, 6.45) is -3.88. The summed E-state index contributed by atoms with van der Waals surface area (Å²) >= 11 is 0. The summed E-state index contributed by atoms with van der Waals surface area (Å²) in [5, 5.41) is 2.13. The highest BCUT2D eigenvalue weighted by Gasteiger charge is 2.30. The van der Waals surface area contributed by atoms with E-state index in [1.807, 2.05) is 70.2 Å². The highest BCUT2D eigenvalue weighted by Crippen LogP contribution is 2.31. The molecule has 176 valence electrons. The van der Waals surface area contributed by atoms with Crippen LogP contribution in [0.25, 0.3) is 10.8 Å². The largest absolute Gasteiger partial charge is 0.444 e. The number of aryl methyl sites for hydroxylation is 1. The Morgan fingerprint density at radius 2 is 1.64 bits per heavy atom. The zero-order chi connectivity index (χ0) is 24.2. The van der Waals surface area contributed by atoms with Crippen LogP contribution in [0.3, 0.4) is 0 Å². The lowest BCUT2D eigenvalue weighted by Gasteiger charge is -2.32. The second-order valence-corrected chi connectivity index (χ2v) is 9.22. The van der Waals surface area contributed by atoms with Crippen LogP contribution in [0.15, 0.2) is 66.7 Å². The summed E-state index contributed by atoms with van der Waals surface area (Å²) in [6.45, 7) is 7.75. The first-order valence-corrected chi connectivity index (χ1v) is 11.1. The molecule has 0 unspecified atom stereocenters. The summed E-state index contributed by atoms with van der Waals surface area (Å²) < 4.78 is 44.8. The van der Waals surface area contributed by atoms with Gasteiger partial charge in [-0.25, -0.2) is 4.79 Å². The molecule has 0 saturated heterocycles. The number of carbonyl (C=O) groups excluding carboxylic acids is 1. The lowest BCUT2D eigenvalue weighted by Crippen LogP contribution is -2.39. The Kier molecular flexibility index (Phi) is 7.35. The molecule has 0 bridgehead atoms. The molecular weight excluding hydrogens is 427 g/mol. The van der Waals surface area contributed by atoms with Crippen molar-refractivity contribution in [2.24, 2.45) is 0 Å². The van der Waals surface area contributed by atoms with Gasteiger partial charge in [0.25, 0.3) is 0 Å². The van der Waals surface area contributed by atoms with E-state index >= 15 is 0 Å². The fraction of sp³-hybridized carbons (Fsp3) is 0.370. The van der Waals surface area contributed by atoms with Crippen LogP contribution in [0.4, 0.5) is 18.0 Å². The molecule has 0 radical (unpaired) electrons. The Hall–Kier alpha value is -3.02. The lowest BCUT2D eigenvalue weighted by molar-refractivity contribution is -0.137. The molecule has 3 aromatic carbocycles. The summed E-state index contributed by atoms with van der Waals surface area (Å²) in [4.78, 5) is 14.8. The van der Waals surface area contributed by atoms with Crippen molar-refractivity contribution >= 4 is 16.9 Å². The second kappa shape index (κ2) is 9.86. The number of amides is 1. The van der Waals surface area contributed by atoms with E-state index in [-0.39, 0.29) is 6.04 Å². The third kappa shape index (κ3) is 6.50. The average Bonchev–Trinajstić information content (AvgIpc) is 2.74. The quantitative estimate of drug-likeness (QED) is 0.378. The van der Waals surface area contributed by atoms with Crippen LogP contribution in [-0.2, 0) is 17.3 Å². The van der Waals surface area contributed by atoms with E-state index < -0.39 is 23.4 Å². The van der Waals surface area contributed by atoms with E-state index in [2.05, 4.69) is 0 Å². The summed E-state index contributed by atoms with van der Waals surface area (Å²) in [5.74, 6) is 0. The van der Waals surface area contributed by atoms with E-state index in [9.17, 15) is 18.0 Å². The molecule has 0 aromatic heterocycles. The summed E-state index contributed by atoms with van der Waals surface area (Å²) in [5.41, 5.74) is 0.271. The first-order valence-electron chi connectivity index (χ1n) is 11.1. The van der Waals surface area contributed by atoms with Crippen LogP contribution in [0.2, 0.25) is 0 Å². The highest BCUT2D eigenvalue weighted by molar-refractivity contribution is 5.86. The zero-order valence-corrected chi connectivity index (χ0v) is 19.4. The maximum absolute atomic E-state index is 13.1. The van der Waals surface area contributed by atoms with Gasteiger partial charge >= 0.3 is 12.3 Å². The third-order valence-electron chi connectivity index (χ3n) is 5.49. The number of carbonyl (C=O) groups is 1. The van der Waals surface area contributed by atoms with Crippen LogP contribution < -0.4 is 0 Å². The normalized spacial score (nSPS) is 13.1. The minimum atomic E-state index is -4.37. The molecular formula is C27H30F3NO2. The number of fused-ring (bicyclic) bond motifs is 1. The van der Waals surface area contributed by atoms with Gasteiger partial charge in [0, 0.05) is 6.54 Å². The Morgan fingerprint density at radius 3 is 2.33 bits per heavy atom. The Labute approximate surface area is 193 Å². The van der Waals surface area contributed by atoms with Crippen LogP contribution in [0.1, 0.15) is 56.8 Å². The van der Waals surface area contributed by atoms with Crippen LogP contribution in [0, 0.1) is 0 Å². The van der Waals surface area contributed by atoms with Gasteiger partial charge in [-0.3, -0.25) is 0 Å². The van der Waals surface area contributed by atoms with Crippen LogP contribution in [0.5, 0.6) is 0 Å². The summed E-state index contributed by atoms with van der Waals surface area (Å²) in [7, 11) is 0. The zero-order valence-electron chi connectivity index (χ0n) is 19.4. The molecule has 0 aliphatic carbocycles. The van der Waals surface area contributed by atoms with Gasteiger partial charge in [0.1, 0.15) is 5.60 Å². The molecule has 3 rings (SSSR count). The number of benzene rings is 3. The molecule has 0 heterocycles. The standard InChI is InChI=1S/C27H30F3NO2/c1-19(23-16-8-13-21-12-5-6-15-24(21)23)31(25(32)33-26(2,3)4)17-9-11-20-10-7-14-22(18-20)27(28,29)30/h5-8,10,12-16,18-19H,9,11,17H2,1-4H3/t19-/m1/s1. The van der Waals surface area contributed by atoms with Crippen molar-refractivity contribution in [2.75, 3.05) is 6.54 Å². The monoisotopic (exact) mass is 457 g/mol. The predicted molar refractivity (Wildman–Crippen MR) is 125 cm³/mol. The Balaban J connectivity index is 1.82. The molecule has 33 heavy (non-hydrogen) atoms. The number of nitrogens with zero attached hydrogens (tertiary/aromatic N) is 1. The number of halogens is 3. The first-order chi connectivity index (χ1) is 15.5. The summed E-state index contributed by atoms with van der Waals surface area (Å²) in [6, 6.07) is 19.0. The fourth-order valence-corrected chi connectivity index (χ4v) is 3.90. The first kappa shape index (κ1) is 24.6. The molecule has 3 nitrogen and oxygen atoms in total. The van der Waals surface area contributed by atoms with Gasteiger partial charge in [0.2, 0.25) is 0 Å². The molecule has 1 amide bonds. The third-order valence-corrected chi connectivity index (χ3v) is 5.49. The number of alkyl halides is 3. The molecule has 0 aliphatic rings. The van der Waals surface area contributed by atoms with Crippen molar-refractivity contribution in [2.45, 2.75) is 58.4 Å². The van der Waals surface area contributed by atoms with E-state index in [0.29, 0.717) is 24.9 Å². The number of ether oxygens (including phenoxy) is 1. The molecule has 3 aromatic rings.